The maximum absolute atomic E-state index is 12.5. The highest BCUT2D eigenvalue weighted by Gasteiger charge is 2.26. The van der Waals surface area contributed by atoms with E-state index in [1.54, 1.807) is 0 Å². The minimum Gasteiger partial charge on any atom is -0.457 e. The van der Waals surface area contributed by atoms with Gasteiger partial charge in [0.05, 0.1) is 26.4 Å². The summed E-state index contributed by atoms with van der Waals surface area (Å²) in [6, 6.07) is 0. The molecule has 0 radical (unpaired) electrons. The summed E-state index contributed by atoms with van der Waals surface area (Å²) in [5.41, 5.74) is 0. The molecule has 0 aromatic heterocycles. The average Bonchev–Trinajstić information content (AvgIpc) is 3.03. The molecule has 0 aromatic rings. The molecule has 3 unspecified atom stereocenters. The smallest absolute Gasteiger partial charge is 0.457 e. The van der Waals surface area contributed by atoms with E-state index >= 15 is 0 Å². The van der Waals surface area contributed by atoms with Crippen molar-refractivity contribution >= 4 is 13.8 Å². The summed E-state index contributed by atoms with van der Waals surface area (Å²) in [4.78, 5) is 22.4. The predicted molar refractivity (Wildman–Crippen MR) is 182 cm³/mol. The van der Waals surface area contributed by atoms with Crippen LogP contribution < -0.4 is 0 Å². The van der Waals surface area contributed by atoms with Gasteiger partial charge in [0.1, 0.15) is 12.2 Å². The first-order valence-electron chi connectivity index (χ1n) is 18.2. The lowest BCUT2D eigenvalue weighted by Gasteiger charge is -2.20. The first-order chi connectivity index (χ1) is 21.8. The first-order valence-corrected chi connectivity index (χ1v) is 19.7. The van der Waals surface area contributed by atoms with E-state index < -0.39 is 39.2 Å². The van der Waals surface area contributed by atoms with Crippen LogP contribution in [0.3, 0.4) is 0 Å². The topological polar surface area (TPSA) is 132 Å². The SMILES string of the molecule is CCCCC/C=C\CCCCCCCC(=O)OC(COCCCCCCCCCCCCCC)COP(=O)(O)OCC(O)CO. The Labute approximate surface area is 275 Å². The number of rotatable bonds is 35. The summed E-state index contributed by atoms with van der Waals surface area (Å²) >= 11 is 0. The Morgan fingerprint density at radius 2 is 1.13 bits per heavy atom. The molecule has 0 amide bonds. The quantitative estimate of drug-likeness (QED) is 0.0263. The number of esters is 1. The lowest BCUT2D eigenvalue weighted by molar-refractivity contribution is -0.154. The summed E-state index contributed by atoms with van der Waals surface area (Å²) in [5, 5.41) is 18.2. The van der Waals surface area contributed by atoms with Crippen molar-refractivity contribution < 1.29 is 43.0 Å². The lowest BCUT2D eigenvalue weighted by atomic mass is 10.1. The summed E-state index contributed by atoms with van der Waals surface area (Å²) in [6.07, 6.45) is 28.8. The van der Waals surface area contributed by atoms with Gasteiger partial charge in [0.15, 0.2) is 0 Å². The van der Waals surface area contributed by atoms with E-state index in [1.165, 1.54) is 89.9 Å². The number of phosphoric ester groups is 1. The van der Waals surface area contributed by atoms with Crippen molar-refractivity contribution in [2.24, 2.45) is 0 Å². The number of aliphatic hydroxyl groups is 2. The number of carbonyl (C=O) groups is 1. The van der Waals surface area contributed by atoms with E-state index in [4.69, 9.17) is 23.6 Å². The number of aliphatic hydroxyl groups excluding tert-OH is 2. The predicted octanol–water partition coefficient (Wildman–Crippen LogP) is 8.97. The minimum absolute atomic E-state index is 0.0506. The summed E-state index contributed by atoms with van der Waals surface area (Å²) in [6.45, 7) is 3.48. The highest BCUT2D eigenvalue weighted by atomic mass is 31.2. The van der Waals surface area contributed by atoms with Crippen molar-refractivity contribution in [1.82, 2.24) is 0 Å². The van der Waals surface area contributed by atoms with Crippen LogP contribution in [0.5, 0.6) is 0 Å². The molecule has 0 aliphatic carbocycles. The van der Waals surface area contributed by atoms with Gasteiger partial charge in [0, 0.05) is 13.0 Å². The van der Waals surface area contributed by atoms with Gasteiger partial charge in [-0.15, -0.1) is 0 Å². The van der Waals surface area contributed by atoms with Gasteiger partial charge in [-0.3, -0.25) is 13.8 Å². The number of ether oxygens (including phenoxy) is 2. The molecule has 0 aliphatic rings. The van der Waals surface area contributed by atoms with Gasteiger partial charge in [0.25, 0.3) is 0 Å². The van der Waals surface area contributed by atoms with E-state index in [0.717, 1.165) is 51.4 Å². The van der Waals surface area contributed by atoms with Crippen LogP contribution >= 0.6 is 7.82 Å². The molecule has 10 heteroatoms. The van der Waals surface area contributed by atoms with Crippen molar-refractivity contribution in [2.45, 2.75) is 174 Å². The fourth-order valence-electron chi connectivity index (χ4n) is 4.88. The maximum atomic E-state index is 12.5. The Bertz CT molecular complexity index is 719. The molecular weight excluding hydrogens is 595 g/mol. The molecule has 0 aliphatic heterocycles. The van der Waals surface area contributed by atoms with Gasteiger partial charge in [-0.05, 0) is 38.5 Å². The van der Waals surface area contributed by atoms with Crippen molar-refractivity contribution in [3.63, 3.8) is 0 Å². The number of allylic oxidation sites excluding steroid dienone is 2. The van der Waals surface area contributed by atoms with Crippen LogP contribution in [0.15, 0.2) is 12.2 Å². The highest BCUT2D eigenvalue weighted by molar-refractivity contribution is 7.47. The summed E-state index contributed by atoms with van der Waals surface area (Å²) in [7, 11) is -4.50. The Morgan fingerprint density at radius 3 is 1.71 bits per heavy atom. The third-order valence-corrected chi connectivity index (χ3v) is 8.65. The van der Waals surface area contributed by atoms with Gasteiger partial charge < -0.3 is 24.6 Å². The van der Waals surface area contributed by atoms with Crippen LogP contribution in [0.2, 0.25) is 0 Å². The molecule has 9 nitrogen and oxygen atoms in total. The van der Waals surface area contributed by atoms with Crippen LogP contribution in [0.1, 0.15) is 162 Å². The molecule has 0 rings (SSSR count). The normalized spacial score (nSPS) is 14.5. The molecule has 0 bridgehead atoms. The number of unbranched alkanes of at least 4 members (excludes halogenated alkanes) is 19. The molecule has 0 heterocycles. The molecule has 0 saturated heterocycles. The monoisotopic (exact) mass is 664 g/mol. The lowest BCUT2D eigenvalue weighted by Crippen LogP contribution is -2.29. The maximum Gasteiger partial charge on any atom is 0.472 e. The van der Waals surface area contributed by atoms with E-state index in [9.17, 15) is 19.4 Å². The van der Waals surface area contributed by atoms with Crippen molar-refractivity contribution in [1.29, 1.82) is 0 Å². The van der Waals surface area contributed by atoms with Gasteiger partial charge in [-0.25, -0.2) is 4.57 Å². The largest absolute Gasteiger partial charge is 0.472 e. The third kappa shape index (κ3) is 32.9. The molecule has 3 N–H and O–H groups in total. The number of phosphoric acid groups is 1. The molecule has 0 spiro atoms. The molecule has 0 aromatic carbocycles. The number of hydrogen-bond donors (Lipinski definition) is 3. The van der Waals surface area contributed by atoms with Crippen LogP contribution in [-0.2, 0) is 27.9 Å². The fraction of sp³-hybridized carbons (Fsp3) is 0.914. The molecule has 0 saturated carbocycles. The van der Waals surface area contributed by atoms with E-state index in [1.807, 2.05) is 0 Å². The zero-order valence-corrected chi connectivity index (χ0v) is 29.7. The van der Waals surface area contributed by atoms with Crippen LogP contribution in [0.25, 0.3) is 0 Å². The summed E-state index contributed by atoms with van der Waals surface area (Å²) in [5.74, 6) is -0.392. The molecule has 3 atom stereocenters. The molecule has 45 heavy (non-hydrogen) atoms. The van der Waals surface area contributed by atoms with Crippen LogP contribution in [0, 0.1) is 0 Å². The second-order valence-corrected chi connectivity index (χ2v) is 13.7. The molecule has 0 fully saturated rings. The highest BCUT2D eigenvalue weighted by Crippen LogP contribution is 2.43. The zero-order valence-electron chi connectivity index (χ0n) is 28.8. The van der Waals surface area contributed by atoms with Gasteiger partial charge in [0.2, 0.25) is 0 Å². The van der Waals surface area contributed by atoms with Gasteiger partial charge in [-0.1, -0.05) is 129 Å². The van der Waals surface area contributed by atoms with E-state index in [2.05, 4.69) is 26.0 Å². The number of hydrogen-bond acceptors (Lipinski definition) is 8. The van der Waals surface area contributed by atoms with Crippen molar-refractivity contribution in [2.75, 3.05) is 33.0 Å². The van der Waals surface area contributed by atoms with Crippen molar-refractivity contribution in [3.05, 3.63) is 12.2 Å². The fourth-order valence-corrected chi connectivity index (χ4v) is 5.67. The second-order valence-electron chi connectivity index (χ2n) is 12.2. The van der Waals surface area contributed by atoms with Crippen LogP contribution in [0.4, 0.5) is 0 Å². The Kier molecular flexibility index (Phi) is 32.5. The Balaban J connectivity index is 4.26. The van der Waals surface area contributed by atoms with Gasteiger partial charge >= 0.3 is 13.8 Å². The van der Waals surface area contributed by atoms with E-state index in [-0.39, 0.29) is 19.6 Å². The third-order valence-electron chi connectivity index (χ3n) is 7.70. The Hall–Kier alpha value is -0.800. The standard InChI is InChI=1S/C35H69O9P/c1-3-5-7-9-11-13-15-17-19-21-23-25-27-35(38)44-34(32-43-45(39,40)42-30-33(37)29-36)31-41-28-26-24-22-20-18-16-14-12-10-8-6-4-2/h11,13,33-34,36-37H,3-10,12,14-32H2,1-2H3,(H,39,40)/b13-11-. The van der Waals surface area contributed by atoms with Crippen LogP contribution in [-0.4, -0.2) is 66.3 Å². The van der Waals surface area contributed by atoms with Gasteiger partial charge in [-0.2, -0.15) is 0 Å². The minimum atomic E-state index is -4.50. The second kappa shape index (κ2) is 33.1. The number of carbonyl (C=O) groups excluding carboxylic acids is 1. The summed E-state index contributed by atoms with van der Waals surface area (Å²) < 4.78 is 33.1. The van der Waals surface area contributed by atoms with Crippen molar-refractivity contribution in [3.8, 4) is 0 Å². The van der Waals surface area contributed by atoms with E-state index in [0.29, 0.717) is 6.61 Å². The molecular formula is C35H69O9P. The average molecular weight is 665 g/mol. The molecule has 268 valence electrons. The Morgan fingerprint density at radius 1 is 0.667 bits per heavy atom. The first kappa shape index (κ1) is 44.2. The zero-order chi connectivity index (χ0) is 33.3.